The van der Waals surface area contributed by atoms with E-state index in [-0.39, 0.29) is 7.33 Å². The van der Waals surface area contributed by atoms with Crippen molar-refractivity contribution in [3.63, 3.8) is 0 Å². The average molecular weight is 133 g/mol. The molecule has 0 aliphatic carbocycles. The van der Waals surface area contributed by atoms with E-state index in [0.717, 1.165) is 5.57 Å². The number of dihydropyridines is 1. The minimum atomic E-state index is -0.199. The first-order valence-corrected chi connectivity index (χ1v) is 2.90. The third-order valence-corrected chi connectivity index (χ3v) is 1.40. The Morgan fingerprint density at radius 1 is 1.50 bits per heavy atom. The number of allylic oxidation sites excluding steroid dienone is 1. The molecule has 0 saturated heterocycles. The molecule has 1 amide bonds. The highest BCUT2D eigenvalue weighted by atomic mass is 16.1. The first-order valence-electron chi connectivity index (χ1n) is 2.90. The zero-order valence-electron chi connectivity index (χ0n) is 6.11. The Balaban J connectivity index is 0.000000605. The summed E-state index contributed by atoms with van der Waals surface area (Å²) in [6.07, 6.45) is 6.44. The van der Waals surface area contributed by atoms with Crippen molar-refractivity contribution in [1.82, 2.24) is 0 Å². The van der Waals surface area contributed by atoms with E-state index >= 15 is 0 Å². The fourth-order valence-corrected chi connectivity index (χ4v) is 0.902. The maximum atomic E-state index is 10.9. The van der Waals surface area contributed by atoms with Gasteiger partial charge < -0.3 is 0 Å². The molecule has 3 heteroatoms. The van der Waals surface area contributed by atoms with Gasteiger partial charge in [-0.15, -0.1) is 0 Å². The number of hydrogen-bond acceptors (Lipinski definition) is 2. The molecule has 2 heterocycles. The van der Waals surface area contributed by atoms with Crippen LogP contribution < -0.4 is 0 Å². The first kappa shape index (κ1) is 5.29. The predicted molar refractivity (Wildman–Crippen MR) is 39.3 cm³/mol. The SMILES string of the molecule is O=C1N=CC=C2C=NC=C12.[H+]. The molecule has 2 aliphatic heterocycles. The maximum Gasteiger partial charge on any atom is 1.00 e. The fourth-order valence-electron chi connectivity index (χ4n) is 0.902. The highest BCUT2D eigenvalue weighted by Crippen LogP contribution is 2.17. The Hall–Kier alpha value is -1.51. The topological polar surface area (TPSA) is 41.8 Å². The van der Waals surface area contributed by atoms with E-state index in [1.54, 1.807) is 12.3 Å². The molecule has 10 heavy (non-hydrogen) atoms. The third kappa shape index (κ3) is 0.572. The lowest BCUT2D eigenvalue weighted by Gasteiger charge is -1.99. The van der Waals surface area contributed by atoms with Crippen LogP contribution in [0.4, 0.5) is 0 Å². The summed E-state index contributed by atoms with van der Waals surface area (Å²) in [5, 5.41) is 0. The summed E-state index contributed by atoms with van der Waals surface area (Å²) >= 11 is 0. The smallest absolute Gasteiger partial charge is 0.267 e. The van der Waals surface area contributed by atoms with Gasteiger partial charge in [0.15, 0.2) is 0 Å². The number of carbonyl (C=O) groups excluding carboxylic acids is 1. The molecule has 0 aromatic rings. The molecule has 0 atom stereocenters. The molecule has 0 aromatic heterocycles. The number of hydrogen-bond donors (Lipinski definition) is 0. The fraction of sp³-hybridized carbons (Fsp3) is 0. The van der Waals surface area contributed by atoms with Gasteiger partial charge in [-0.05, 0) is 6.08 Å². The van der Waals surface area contributed by atoms with Crippen LogP contribution in [0.3, 0.4) is 0 Å². The molecule has 0 saturated carbocycles. The minimum absolute atomic E-state index is 0. The molecule has 2 rings (SSSR count). The lowest BCUT2D eigenvalue weighted by molar-refractivity contribution is -0.114. The van der Waals surface area contributed by atoms with E-state index in [4.69, 9.17) is 0 Å². The van der Waals surface area contributed by atoms with Crippen molar-refractivity contribution < 1.29 is 6.22 Å². The van der Waals surface area contributed by atoms with Crippen molar-refractivity contribution in [3.05, 3.63) is 23.4 Å². The summed E-state index contributed by atoms with van der Waals surface area (Å²) < 4.78 is 0. The van der Waals surface area contributed by atoms with Crippen LogP contribution in [0.15, 0.2) is 33.4 Å². The van der Waals surface area contributed by atoms with Crippen LogP contribution in [0.1, 0.15) is 1.43 Å². The van der Waals surface area contributed by atoms with E-state index in [2.05, 4.69) is 9.98 Å². The Kier molecular flexibility index (Phi) is 0.917. The second-order valence-electron chi connectivity index (χ2n) is 2.03. The van der Waals surface area contributed by atoms with Crippen LogP contribution >= 0.6 is 0 Å². The lowest BCUT2D eigenvalue weighted by Crippen LogP contribution is -2.04. The molecule has 0 bridgehead atoms. The molecule has 3 nitrogen and oxygen atoms in total. The van der Waals surface area contributed by atoms with Gasteiger partial charge in [0.25, 0.3) is 5.91 Å². The van der Waals surface area contributed by atoms with E-state index in [1.807, 2.05) is 0 Å². The molecule has 48 valence electrons. The Morgan fingerprint density at radius 3 is 3.20 bits per heavy atom. The lowest BCUT2D eigenvalue weighted by atomic mass is 10.1. The van der Waals surface area contributed by atoms with Gasteiger partial charge in [0.05, 0.1) is 5.57 Å². The largest absolute Gasteiger partial charge is 1.00 e. The number of fused-ring (bicyclic) bond motifs is 1. The normalized spacial score (nSPS) is 20.6. The summed E-state index contributed by atoms with van der Waals surface area (Å²) in [7, 11) is 0. The van der Waals surface area contributed by atoms with Gasteiger partial charge >= 0.3 is 1.43 Å². The van der Waals surface area contributed by atoms with Crippen molar-refractivity contribution in [3.8, 4) is 0 Å². The summed E-state index contributed by atoms with van der Waals surface area (Å²) in [6, 6.07) is 0. The maximum absolute atomic E-state index is 10.9. The van der Waals surface area contributed by atoms with Crippen molar-refractivity contribution >= 4 is 18.3 Å². The van der Waals surface area contributed by atoms with Crippen LogP contribution in [-0.2, 0) is 4.79 Å². The third-order valence-electron chi connectivity index (χ3n) is 1.40. The standard InChI is InChI=1S/C7H4N2O/c10-7-6-4-8-3-5(6)1-2-9-7/h1-4H/p+1. The average Bonchev–Trinajstić information content (AvgIpc) is 2.36. The Morgan fingerprint density at radius 2 is 2.40 bits per heavy atom. The molecular formula is C7H5N2O+. The second kappa shape index (κ2) is 1.73. The summed E-state index contributed by atoms with van der Waals surface area (Å²) in [5.74, 6) is -0.199. The van der Waals surface area contributed by atoms with Gasteiger partial charge in [-0.2, -0.15) is 0 Å². The van der Waals surface area contributed by atoms with Crippen LogP contribution in [0.5, 0.6) is 0 Å². The molecule has 0 N–H and O–H groups in total. The van der Waals surface area contributed by atoms with E-state index in [9.17, 15) is 4.79 Å². The quantitative estimate of drug-likeness (QED) is 0.477. The summed E-state index contributed by atoms with van der Waals surface area (Å²) in [6.45, 7) is 0. The van der Waals surface area contributed by atoms with Crippen LogP contribution in [0.2, 0.25) is 0 Å². The Bertz CT molecular complexity index is 306. The zero-order valence-corrected chi connectivity index (χ0v) is 5.11. The molecule has 2 aliphatic rings. The number of aliphatic imine (C=N–C) groups is 2. The minimum Gasteiger partial charge on any atom is -0.267 e. The van der Waals surface area contributed by atoms with Gasteiger partial charge in [0.2, 0.25) is 0 Å². The van der Waals surface area contributed by atoms with Crippen molar-refractivity contribution in [2.45, 2.75) is 0 Å². The van der Waals surface area contributed by atoms with E-state index < -0.39 is 0 Å². The number of amides is 1. The van der Waals surface area contributed by atoms with Crippen LogP contribution in [0, 0.1) is 0 Å². The Labute approximate surface area is 59.0 Å². The van der Waals surface area contributed by atoms with Gasteiger partial charge in [-0.1, -0.05) is 0 Å². The van der Waals surface area contributed by atoms with E-state index in [1.165, 1.54) is 12.4 Å². The highest BCUT2D eigenvalue weighted by molar-refractivity contribution is 6.15. The van der Waals surface area contributed by atoms with Crippen LogP contribution in [0.25, 0.3) is 0 Å². The predicted octanol–water partition coefficient (Wildman–Crippen LogP) is 0.605. The molecule has 0 aromatic carbocycles. The van der Waals surface area contributed by atoms with Crippen molar-refractivity contribution in [2.24, 2.45) is 9.98 Å². The number of carbonyl (C=O) groups is 1. The second-order valence-corrected chi connectivity index (χ2v) is 2.03. The van der Waals surface area contributed by atoms with Crippen molar-refractivity contribution in [2.75, 3.05) is 0 Å². The van der Waals surface area contributed by atoms with Gasteiger partial charge in [-0.3, -0.25) is 9.79 Å². The molecule has 0 radical (unpaired) electrons. The zero-order chi connectivity index (χ0) is 6.97. The summed E-state index contributed by atoms with van der Waals surface area (Å²) in [4.78, 5) is 18.3. The highest BCUT2D eigenvalue weighted by Gasteiger charge is 2.17. The molecule has 0 spiro atoms. The van der Waals surface area contributed by atoms with Gasteiger partial charge in [0, 0.05) is 24.2 Å². The van der Waals surface area contributed by atoms with Gasteiger partial charge in [0.1, 0.15) is 0 Å². The molecular weight excluding hydrogens is 128 g/mol. The number of nitrogens with zero attached hydrogens (tertiary/aromatic N) is 2. The first-order chi connectivity index (χ1) is 4.88. The molecule has 0 unspecified atom stereocenters. The van der Waals surface area contributed by atoms with Crippen LogP contribution in [-0.4, -0.2) is 18.3 Å². The molecule has 0 fully saturated rings. The monoisotopic (exact) mass is 133 g/mol. The number of rotatable bonds is 0. The van der Waals surface area contributed by atoms with Crippen molar-refractivity contribution in [1.29, 1.82) is 0 Å². The van der Waals surface area contributed by atoms with Gasteiger partial charge in [-0.25, -0.2) is 4.99 Å². The summed E-state index contributed by atoms with van der Waals surface area (Å²) in [5.41, 5.74) is 1.46. The van der Waals surface area contributed by atoms with E-state index in [0.29, 0.717) is 5.57 Å².